The molecule has 0 spiro atoms. The third-order valence-corrected chi connectivity index (χ3v) is 7.66. The zero-order valence-corrected chi connectivity index (χ0v) is 29.6. The minimum absolute atomic E-state index is 0.0384. The SMILES string of the molecule is Cc1cc(C)cc(-c2cc3c(cc2C(C)(C)C)-c2cc(C(C)(C)C)c(-c4cc(C)cc(C)c4)cc2[CH]3)c1.[Cl][Zr][Cl]. The molecule has 4 aromatic rings. The summed E-state index contributed by atoms with van der Waals surface area (Å²) in [5.41, 5.74) is 18.9. The van der Waals surface area contributed by atoms with Crippen LogP contribution < -0.4 is 0 Å². The number of hydrogen-bond acceptors (Lipinski definition) is 0. The summed E-state index contributed by atoms with van der Waals surface area (Å²) in [4.78, 5) is 0. The van der Waals surface area contributed by atoms with Crippen LogP contribution in [0.2, 0.25) is 0 Å². The standard InChI is InChI=1S/C37H41.2ClH.Zr/c1-22-11-23(2)14-26(13-22)32-18-28-17-29-19-33(27-15-24(3)12-25(4)16-27)35(37(8,9)10)21-31(29)30(28)20-34(32)36(5,6)7;;;/h11-21H,1-10H3;2*1H;/q;;;+2/p-2. The summed E-state index contributed by atoms with van der Waals surface area (Å²) in [6, 6.07) is 23.7. The van der Waals surface area contributed by atoms with E-state index < -0.39 is 20.8 Å². The summed E-state index contributed by atoms with van der Waals surface area (Å²) in [6.07, 6.45) is 2.40. The number of halogens is 2. The van der Waals surface area contributed by atoms with Gasteiger partial charge in [-0.25, -0.2) is 0 Å². The fourth-order valence-corrected chi connectivity index (χ4v) is 6.08. The van der Waals surface area contributed by atoms with Crippen molar-refractivity contribution in [1.82, 2.24) is 0 Å². The molecule has 0 bridgehead atoms. The van der Waals surface area contributed by atoms with Crippen molar-refractivity contribution in [3.05, 3.63) is 112 Å². The Labute approximate surface area is 261 Å². The first kappa shape index (κ1) is 31.3. The van der Waals surface area contributed by atoms with Crippen molar-refractivity contribution in [2.75, 3.05) is 0 Å². The van der Waals surface area contributed by atoms with E-state index in [9.17, 15) is 0 Å². The topological polar surface area (TPSA) is 0 Å². The van der Waals surface area contributed by atoms with E-state index in [0.29, 0.717) is 0 Å². The van der Waals surface area contributed by atoms with Gasteiger partial charge in [-0.2, -0.15) is 0 Å². The van der Waals surface area contributed by atoms with Crippen molar-refractivity contribution < 1.29 is 20.8 Å². The molecule has 1 radical (unpaired) electrons. The summed E-state index contributed by atoms with van der Waals surface area (Å²) in [6.45, 7) is 22.8. The van der Waals surface area contributed by atoms with Crippen molar-refractivity contribution in [3.8, 4) is 33.4 Å². The van der Waals surface area contributed by atoms with Gasteiger partial charge in [-0.05, 0) is 118 Å². The molecule has 0 heterocycles. The second-order valence-corrected chi connectivity index (χ2v) is 17.2. The van der Waals surface area contributed by atoms with Crippen LogP contribution in [-0.4, -0.2) is 0 Å². The Morgan fingerprint density at radius 2 is 0.750 bits per heavy atom. The Bertz CT molecular complexity index is 1410. The van der Waals surface area contributed by atoms with Gasteiger partial charge in [0.1, 0.15) is 0 Å². The third kappa shape index (κ3) is 6.70. The average molecular weight is 648 g/mol. The van der Waals surface area contributed by atoms with Crippen LogP contribution in [0.4, 0.5) is 0 Å². The van der Waals surface area contributed by atoms with Crippen molar-refractivity contribution in [1.29, 1.82) is 0 Å². The Morgan fingerprint density at radius 1 is 0.450 bits per heavy atom. The van der Waals surface area contributed by atoms with Crippen LogP contribution in [-0.2, 0) is 31.7 Å². The van der Waals surface area contributed by atoms with Gasteiger partial charge in [0.2, 0.25) is 0 Å². The second kappa shape index (κ2) is 11.9. The van der Waals surface area contributed by atoms with Crippen molar-refractivity contribution >= 4 is 17.0 Å². The van der Waals surface area contributed by atoms with Gasteiger partial charge < -0.3 is 0 Å². The molecule has 0 atom stereocenters. The zero-order valence-electron chi connectivity index (χ0n) is 25.6. The molecule has 0 fully saturated rings. The van der Waals surface area contributed by atoms with E-state index in [-0.39, 0.29) is 10.8 Å². The maximum absolute atomic E-state index is 4.93. The molecule has 40 heavy (non-hydrogen) atoms. The van der Waals surface area contributed by atoms with E-state index in [1.165, 1.54) is 77.9 Å². The second-order valence-electron chi connectivity index (χ2n) is 13.4. The Hall–Kier alpha value is -1.66. The molecule has 0 aromatic heterocycles. The first-order valence-electron chi connectivity index (χ1n) is 14.0. The van der Waals surface area contributed by atoms with Gasteiger partial charge in [-0.1, -0.05) is 100 Å². The molecule has 3 heteroatoms. The van der Waals surface area contributed by atoms with Crippen LogP contribution in [0.5, 0.6) is 0 Å². The summed E-state index contributed by atoms with van der Waals surface area (Å²) >= 11 is -0.826. The van der Waals surface area contributed by atoms with Gasteiger partial charge in [-0.3, -0.25) is 0 Å². The molecule has 1 aliphatic carbocycles. The number of hydrogen-bond donors (Lipinski definition) is 0. The normalized spacial score (nSPS) is 12.4. The van der Waals surface area contributed by atoms with Crippen LogP contribution in [0, 0.1) is 34.1 Å². The fourth-order valence-electron chi connectivity index (χ4n) is 6.08. The van der Waals surface area contributed by atoms with E-state index in [1.807, 2.05) is 0 Å². The molecule has 0 N–H and O–H groups in total. The molecule has 4 aromatic carbocycles. The molecule has 0 nitrogen and oxygen atoms in total. The quantitative estimate of drug-likeness (QED) is 0.179. The number of rotatable bonds is 2. The van der Waals surface area contributed by atoms with Gasteiger partial charge in [0.25, 0.3) is 0 Å². The predicted molar refractivity (Wildman–Crippen MR) is 173 cm³/mol. The number of benzene rings is 4. The summed E-state index contributed by atoms with van der Waals surface area (Å²) in [5.74, 6) is 0. The maximum atomic E-state index is 4.93. The van der Waals surface area contributed by atoms with Crippen LogP contribution in [0.1, 0.15) is 86.1 Å². The van der Waals surface area contributed by atoms with Gasteiger partial charge in [-0.15, -0.1) is 0 Å². The third-order valence-electron chi connectivity index (χ3n) is 7.66. The monoisotopic (exact) mass is 645 g/mol. The van der Waals surface area contributed by atoms with Crippen molar-refractivity contribution in [2.24, 2.45) is 0 Å². The zero-order chi connectivity index (χ0) is 29.6. The van der Waals surface area contributed by atoms with Crippen LogP contribution >= 0.6 is 17.0 Å². The Kier molecular flexibility index (Phi) is 9.32. The molecular formula is C37H41Cl2Zr. The van der Waals surface area contributed by atoms with Crippen molar-refractivity contribution in [2.45, 2.75) is 80.1 Å². The summed E-state index contributed by atoms with van der Waals surface area (Å²) in [5, 5.41) is 0. The van der Waals surface area contributed by atoms with Gasteiger partial charge in [0, 0.05) is 6.42 Å². The molecule has 0 saturated heterocycles. The first-order valence-corrected chi connectivity index (χ1v) is 20.3. The Balaban J connectivity index is 0.00000118. The number of aryl methyl sites for hydroxylation is 4. The van der Waals surface area contributed by atoms with Crippen molar-refractivity contribution in [3.63, 3.8) is 0 Å². The van der Waals surface area contributed by atoms with E-state index >= 15 is 0 Å². The van der Waals surface area contributed by atoms with Crippen LogP contribution in [0.3, 0.4) is 0 Å². The summed E-state index contributed by atoms with van der Waals surface area (Å²) < 4.78 is 0. The average Bonchev–Trinajstić information content (AvgIpc) is 3.17. The molecule has 1 aliphatic rings. The van der Waals surface area contributed by atoms with Crippen LogP contribution in [0.15, 0.2) is 60.7 Å². The van der Waals surface area contributed by atoms with Crippen LogP contribution in [0.25, 0.3) is 33.4 Å². The molecule has 5 rings (SSSR count). The molecular weight excluding hydrogens is 607 g/mol. The molecule has 207 valence electrons. The fraction of sp³-hybridized carbons (Fsp3) is 0.324. The molecule has 0 aliphatic heterocycles. The molecule has 0 amide bonds. The first-order chi connectivity index (χ1) is 18.6. The predicted octanol–water partition coefficient (Wildman–Crippen LogP) is 11.8. The van der Waals surface area contributed by atoms with E-state index in [4.69, 9.17) is 17.0 Å². The van der Waals surface area contributed by atoms with E-state index in [0.717, 1.165) is 0 Å². The van der Waals surface area contributed by atoms with E-state index in [2.05, 4.69) is 136 Å². The molecule has 0 saturated carbocycles. The van der Waals surface area contributed by atoms with Gasteiger partial charge in [0.05, 0.1) is 0 Å². The Morgan fingerprint density at radius 3 is 1.02 bits per heavy atom. The van der Waals surface area contributed by atoms with Gasteiger partial charge >= 0.3 is 37.9 Å². The summed E-state index contributed by atoms with van der Waals surface area (Å²) in [7, 11) is 9.87. The molecule has 0 unspecified atom stereocenters. The minimum atomic E-state index is -0.826. The van der Waals surface area contributed by atoms with Gasteiger partial charge in [0.15, 0.2) is 0 Å². The van der Waals surface area contributed by atoms with E-state index in [1.54, 1.807) is 0 Å². The number of fused-ring (bicyclic) bond motifs is 3.